The van der Waals surface area contributed by atoms with E-state index < -0.39 is 11.6 Å². The van der Waals surface area contributed by atoms with Crippen molar-refractivity contribution in [1.82, 2.24) is 5.43 Å². The Bertz CT molecular complexity index is 632. The van der Waals surface area contributed by atoms with Crippen LogP contribution in [0.2, 0.25) is 0 Å². The van der Waals surface area contributed by atoms with Crippen LogP contribution in [0.4, 0.5) is 8.78 Å². The van der Waals surface area contributed by atoms with Gasteiger partial charge in [-0.2, -0.15) is 0 Å². The molecule has 0 saturated heterocycles. The van der Waals surface area contributed by atoms with Gasteiger partial charge in [-0.05, 0) is 54.3 Å². The van der Waals surface area contributed by atoms with Crippen LogP contribution >= 0.6 is 0 Å². The third-order valence-electron chi connectivity index (χ3n) is 3.47. The Morgan fingerprint density at radius 3 is 2.62 bits per heavy atom. The van der Waals surface area contributed by atoms with E-state index in [2.05, 4.69) is 5.43 Å². The van der Waals surface area contributed by atoms with Crippen LogP contribution in [0.5, 0.6) is 5.75 Å². The van der Waals surface area contributed by atoms with Crippen LogP contribution in [0.25, 0.3) is 0 Å². The lowest BCUT2D eigenvalue weighted by atomic mass is 9.97. The molecule has 0 aliphatic heterocycles. The molecule has 2 aromatic carbocycles. The molecule has 0 spiro atoms. The van der Waals surface area contributed by atoms with E-state index in [9.17, 15) is 8.78 Å². The van der Waals surface area contributed by atoms with Gasteiger partial charge in [-0.1, -0.05) is 12.1 Å². The van der Waals surface area contributed by atoms with E-state index in [1.807, 2.05) is 25.1 Å². The quantitative estimate of drug-likeness (QED) is 0.658. The van der Waals surface area contributed by atoms with Crippen LogP contribution in [0.15, 0.2) is 36.4 Å². The summed E-state index contributed by atoms with van der Waals surface area (Å²) in [5, 5.41) is 0. The van der Waals surface area contributed by atoms with Crippen LogP contribution in [0.3, 0.4) is 0 Å². The predicted octanol–water partition coefficient (Wildman–Crippen LogP) is 3.03. The third kappa shape index (κ3) is 3.56. The molecule has 21 heavy (non-hydrogen) atoms. The second-order valence-corrected chi connectivity index (χ2v) is 4.89. The molecule has 0 bridgehead atoms. The number of halogens is 2. The number of hydrogen-bond donors (Lipinski definition) is 2. The number of nitrogens with two attached hydrogens (primary N) is 1. The van der Waals surface area contributed by atoms with Crippen molar-refractivity contribution in [1.29, 1.82) is 0 Å². The molecule has 0 aliphatic rings. The van der Waals surface area contributed by atoms with Crippen molar-refractivity contribution in [3.63, 3.8) is 0 Å². The van der Waals surface area contributed by atoms with Crippen molar-refractivity contribution in [2.75, 3.05) is 7.11 Å². The molecular weight excluding hydrogens is 274 g/mol. The molecule has 0 aromatic heterocycles. The van der Waals surface area contributed by atoms with Gasteiger partial charge in [0, 0.05) is 0 Å². The first-order valence-electron chi connectivity index (χ1n) is 6.59. The Hall–Kier alpha value is -1.98. The number of methoxy groups -OCH3 is 1. The molecule has 0 heterocycles. The summed E-state index contributed by atoms with van der Waals surface area (Å²) in [7, 11) is 1.59. The number of hydrazine groups is 1. The van der Waals surface area contributed by atoms with Crippen molar-refractivity contribution in [3.8, 4) is 5.75 Å². The summed E-state index contributed by atoms with van der Waals surface area (Å²) in [6, 6.07) is 8.70. The van der Waals surface area contributed by atoms with Crippen molar-refractivity contribution in [3.05, 3.63) is 64.7 Å². The van der Waals surface area contributed by atoms with Gasteiger partial charge in [0.25, 0.3) is 0 Å². The number of rotatable bonds is 5. The highest BCUT2D eigenvalue weighted by molar-refractivity contribution is 5.38. The van der Waals surface area contributed by atoms with Gasteiger partial charge in [-0.15, -0.1) is 0 Å². The molecule has 0 aliphatic carbocycles. The summed E-state index contributed by atoms with van der Waals surface area (Å²) < 4.78 is 32.2. The molecule has 1 unspecified atom stereocenters. The predicted molar refractivity (Wildman–Crippen MR) is 77.9 cm³/mol. The molecule has 2 aromatic rings. The Morgan fingerprint density at radius 1 is 1.19 bits per heavy atom. The minimum Gasteiger partial charge on any atom is -0.496 e. The molecule has 0 saturated carbocycles. The topological polar surface area (TPSA) is 47.3 Å². The highest BCUT2D eigenvalue weighted by atomic mass is 19.1. The third-order valence-corrected chi connectivity index (χ3v) is 3.47. The summed E-state index contributed by atoms with van der Waals surface area (Å²) in [5.74, 6) is 5.38. The van der Waals surface area contributed by atoms with Crippen LogP contribution in [0.1, 0.15) is 22.7 Å². The van der Waals surface area contributed by atoms with E-state index in [0.29, 0.717) is 0 Å². The zero-order chi connectivity index (χ0) is 15.4. The minimum absolute atomic E-state index is 0.242. The lowest BCUT2D eigenvalue weighted by Gasteiger charge is -2.18. The average Bonchev–Trinajstić information content (AvgIpc) is 2.49. The first-order valence-corrected chi connectivity index (χ1v) is 6.59. The first-order chi connectivity index (χ1) is 10.0. The van der Waals surface area contributed by atoms with Crippen molar-refractivity contribution < 1.29 is 13.5 Å². The molecule has 5 heteroatoms. The van der Waals surface area contributed by atoms with Gasteiger partial charge in [0.15, 0.2) is 0 Å². The second kappa shape index (κ2) is 6.65. The second-order valence-electron chi connectivity index (χ2n) is 4.89. The zero-order valence-electron chi connectivity index (χ0n) is 12.0. The standard InChI is InChI=1S/C16H18F2N2O/c1-10-3-4-11(9-16(10)21-2)15(20-19)8-12-7-13(17)5-6-14(12)18/h3-7,9,15,20H,8,19H2,1-2H3. The maximum absolute atomic E-state index is 13.7. The van der Waals surface area contributed by atoms with Gasteiger partial charge >= 0.3 is 0 Å². The van der Waals surface area contributed by atoms with Gasteiger partial charge in [-0.25, -0.2) is 8.78 Å². The van der Waals surface area contributed by atoms with Gasteiger partial charge in [-0.3, -0.25) is 11.3 Å². The zero-order valence-corrected chi connectivity index (χ0v) is 12.0. The van der Waals surface area contributed by atoms with Crippen LogP contribution in [0, 0.1) is 18.6 Å². The van der Waals surface area contributed by atoms with Crippen molar-refractivity contribution in [2.24, 2.45) is 5.84 Å². The van der Waals surface area contributed by atoms with E-state index in [1.165, 1.54) is 6.07 Å². The molecule has 3 nitrogen and oxygen atoms in total. The van der Waals surface area contributed by atoms with E-state index in [0.717, 1.165) is 29.0 Å². The SMILES string of the molecule is COc1cc(C(Cc2cc(F)ccc2F)NN)ccc1C. The molecule has 3 N–H and O–H groups in total. The molecular formula is C16H18F2N2O. The summed E-state index contributed by atoms with van der Waals surface area (Å²) in [4.78, 5) is 0. The van der Waals surface area contributed by atoms with Crippen LogP contribution in [-0.2, 0) is 6.42 Å². The smallest absolute Gasteiger partial charge is 0.126 e. The lowest BCUT2D eigenvalue weighted by Crippen LogP contribution is -2.29. The normalized spacial score (nSPS) is 12.2. The van der Waals surface area contributed by atoms with Crippen LogP contribution < -0.4 is 16.0 Å². The number of aryl methyl sites for hydroxylation is 1. The van der Waals surface area contributed by atoms with Gasteiger partial charge < -0.3 is 4.74 Å². The van der Waals surface area contributed by atoms with E-state index in [1.54, 1.807) is 7.11 Å². The fraction of sp³-hybridized carbons (Fsp3) is 0.250. The average molecular weight is 292 g/mol. The summed E-state index contributed by atoms with van der Waals surface area (Å²) in [6.45, 7) is 1.93. The Balaban J connectivity index is 2.29. The Labute approximate surface area is 122 Å². The summed E-state index contributed by atoms with van der Waals surface area (Å²) >= 11 is 0. The molecule has 0 radical (unpaired) electrons. The fourth-order valence-electron chi connectivity index (χ4n) is 2.25. The van der Waals surface area contributed by atoms with Gasteiger partial charge in [0.05, 0.1) is 13.2 Å². The summed E-state index contributed by atoms with van der Waals surface area (Å²) in [5.41, 5.74) is 4.76. The molecule has 0 amide bonds. The number of ether oxygens (including phenoxy) is 1. The maximum Gasteiger partial charge on any atom is 0.126 e. The largest absolute Gasteiger partial charge is 0.496 e. The monoisotopic (exact) mass is 292 g/mol. The molecule has 112 valence electrons. The number of benzene rings is 2. The Morgan fingerprint density at radius 2 is 1.95 bits per heavy atom. The van der Waals surface area contributed by atoms with E-state index in [4.69, 9.17) is 10.6 Å². The highest BCUT2D eigenvalue weighted by Crippen LogP contribution is 2.26. The molecule has 2 rings (SSSR count). The van der Waals surface area contributed by atoms with E-state index >= 15 is 0 Å². The molecule has 0 fully saturated rings. The van der Waals surface area contributed by atoms with E-state index in [-0.39, 0.29) is 18.0 Å². The number of hydrogen-bond acceptors (Lipinski definition) is 3. The van der Waals surface area contributed by atoms with Crippen molar-refractivity contribution >= 4 is 0 Å². The Kier molecular flexibility index (Phi) is 4.88. The summed E-state index contributed by atoms with van der Waals surface area (Å²) in [6.07, 6.45) is 0.242. The number of nitrogens with one attached hydrogen (secondary N) is 1. The first kappa shape index (κ1) is 15.4. The van der Waals surface area contributed by atoms with Gasteiger partial charge in [0.2, 0.25) is 0 Å². The molecule has 1 atom stereocenters. The van der Waals surface area contributed by atoms with Crippen molar-refractivity contribution in [2.45, 2.75) is 19.4 Å². The van der Waals surface area contributed by atoms with Gasteiger partial charge in [0.1, 0.15) is 17.4 Å². The van der Waals surface area contributed by atoms with Crippen LogP contribution in [-0.4, -0.2) is 7.11 Å². The minimum atomic E-state index is -0.469. The maximum atomic E-state index is 13.7. The lowest BCUT2D eigenvalue weighted by molar-refractivity contribution is 0.409. The fourth-order valence-corrected chi connectivity index (χ4v) is 2.25. The highest BCUT2D eigenvalue weighted by Gasteiger charge is 2.15.